The molecular formula is C22H23FIN3O4S. The average molecular weight is 571 g/mol. The molecule has 3 N–H and O–H groups in total. The summed E-state index contributed by atoms with van der Waals surface area (Å²) in [5, 5.41) is 2.78. The van der Waals surface area contributed by atoms with Crippen molar-refractivity contribution in [3.63, 3.8) is 0 Å². The smallest absolute Gasteiger partial charge is 0.254 e. The van der Waals surface area contributed by atoms with Crippen molar-refractivity contribution < 1.29 is 22.4 Å². The lowest BCUT2D eigenvalue weighted by atomic mass is 10.1. The van der Waals surface area contributed by atoms with E-state index in [4.69, 9.17) is 5.73 Å². The monoisotopic (exact) mass is 571 g/mol. The van der Waals surface area contributed by atoms with Crippen molar-refractivity contribution >= 4 is 49.9 Å². The first-order chi connectivity index (χ1) is 14.9. The van der Waals surface area contributed by atoms with Crippen LogP contribution in [0.3, 0.4) is 0 Å². The van der Waals surface area contributed by atoms with Gasteiger partial charge in [-0.1, -0.05) is 26.0 Å². The van der Waals surface area contributed by atoms with Crippen LogP contribution in [0.4, 0.5) is 10.1 Å². The van der Waals surface area contributed by atoms with Crippen molar-refractivity contribution in [3.05, 3.63) is 56.9 Å². The van der Waals surface area contributed by atoms with E-state index in [9.17, 15) is 22.4 Å². The minimum Gasteiger partial charge on any atom is -0.349 e. The lowest BCUT2D eigenvalue weighted by Gasteiger charge is -2.25. The average Bonchev–Trinajstić information content (AvgIpc) is 3.32. The number of nitrogens with two attached hydrogens (primary N) is 1. The van der Waals surface area contributed by atoms with Gasteiger partial charge in [0.05, 0.1) is 34.5 Å². The summed E-state index contributed by atoms with van der Waals surface area (Å²) in [5.41, 5.74) is 6.22. The van der Waals surface area contributed by atoms with E-state index >= 15 is 0 Å². The largest absolute Gasteiger partial charge is 0.349 e. The maximum Gasteiger partial charge on any atom is 0.254 e. The molecule has 1 fully saturated rings. The number of sulfone groups is 1. The van der Waals surface area contributed by atoms with Crippen LogP contribution < -0.4 is 16.0 Å². The second-order valence-electron chi connectivity index (χ2n) is 8.96. The van der Waals surface area contributed by atoms with Crippen LogP contribution >= 0.6 is 22.6 Å². The molecule has 1 aliphatic carbocycles. The Hall–Kier alpha value is -2.05. The van der Waals surface area contributed by atoms with Crippen LogP contribution in [0, 0.1) is 14.8 Å². The number of benzene rings is 2. The molecule has 0 spiro atoms. The minimum atomic E-state index is -4.05. The Bertz CT molecular complexity index is 1210. The van der Waals surface area contributed by atoms with Gasteiger partial charge in [-0.25, -0.2) is 12.8 Å². The molecule has 1 aliphatic heterocycles. The third-order valence-electron chi connectivity index (χ3n) is 5.97. The number of nitrogens with one attached hydrogen (secondary N) is 1. The van der Waals surface area contributed by atoms with Gasteiger partial charge in [-0.05, 0) is 64.3 Å². The maximum atomic E-state index is 14.9. The molecule has 170 valence electrons. The fourth-order valence-corrected chi connectivity index (χ4v) is 5.70. The van der Waals surface area contributed by atoms with Crippen molar-refractivity contribution in [2.45, 2.75) is 43.8 Å². The van der Waals surface area contributed by atoms with Gasteiger partial charge < -0.3 is 16.0 Å². The topological polar surface area (TPSA) is 110 Å². The Balaban J connectivity index is 1.80. The fraction of sp³-hybridized carbons (Fsp3) is 0.364. The van der Waals surface area contributed by atoms with E-state index in [1.165, 1.54) is 4.90 Å². The van der Waals surface area contributed by atoms with E-state index in [1.807, 2.05) is 38.1 Å². The first kappa shape index (κ1) is 23.1. The number of carbonyl (C=O) groups excluding carboxylic acids is 2. The predicted octanol–water partition coefficient (Wildman–Crippen LogP) is 2.61. The SMILES string of the molecule is CC1(C)CC1NC(=O)c1cc2c(cc1F)S(=O)(=O)C[C@H](N)C(=O)N2Cc1ccc(I)cc1. The van der Waals surface area contributed by atoms with Gasteiger partial charge in [-0.2, -0.15) is 0 Å². The van der Waals surface area contributed by atoms with E-state index < -0.39 is 39.3 Å². The summed E-state index contributed by atoms with van der Waals surface area (Å²) in [7, 11) is -4.05. The Morgan fingerprint density at radius 3 is 2.50 bits per heavy atom. The summed E-state index contributed by atoms with van der Waals surface area (Å²) in [5.74, 6) is -2.84. The van der Waals surface area contributed by atoms with Gasteiger partial charge in [-0.15, -0.1) is 0 Å². The molecule has 4 rings (SSSR count). The number of carbonyl (C=O) groups is 2. The quantitative estimate of drug-likeness (QED) is 0.549. The summed E-state index contributed by atoms with van der Waals surface area (Å²) in [6.07, 6.45) is 0.770. The molecule has 7 nitrogen and oxygen atoms in total. The number of fused-ring (bicyclic) bond motifs is 1. The van der Waals surface area contributed by atoms with E-state index in [0.29, 0.717) is 0 Å². The number of hydrogen-bond acceptors (Lipinski definition) is 5. The number of halogens is 2. The zero-order valence-corrected chi connectivity index (χ0v) is 20.5. The number of hydrogen-bond donors (Lipinski definition) is 2. The van der Waals surface area contributed by atoms with Crippen molar-refractivity contribution in [3.8, 4) is 0 Å². The second-order valence-corrected chi connectivity index (χ2v) is 12.2. The molecular weight excluding hydrogens is 548 g/mol. The van der Waals surface area contributed by atoms with Crippen molar-refractivity contribution in [2.24, 2.45) is 11.1 Å². The molecule has 2 aromatic carbocycles. The highest BCUT2D eigenvalue weighted by Gasteiger charge is 2.47. The zero-order chi connectivity index (χ0) is 23.4. The summed E-state index contributed by atoms with van der Waals surface area (Å²) in [6.45, 7) is 4.01. The normalized spacial score (nSPS) is 23.3. The highest BCUT2D eigenvalue weighted by Crippen LogP contribution is 2.45. The van der Waals surface area contributed by atoms with Crippen LogP contribution in [-0.4, -0.2) is 38.1 Å². The highest BCUT2D eigenvalue weighted by molar-refractivity contribution is 14.1. The third kappa shape index (κ3) is 4.40. The van der Waals surface area contributed by atoms with Crippen LogP contribution in [0.5, 0.6) is 0 Å². The highest BCUT2D eigenvalue weighted by atomic mass is 127. The van der Waals surface area contributed by atoms with Gasteiger partial charge in [-0.3, -0.25) is 9.59 Å². The third-order valence-corrected chi connectivity index (χ3v) is 8.49. The summed E-state index contributed by atoms with van der Waals surface area (Å²) in [4.78, 5) is 26.7. The first-order valence-corrected chi connectivity index (χ1v) is 12.8. The Labute approximate surface area is 199 Å². The van der Waals surface area contributed by atoms with E-state index in [2.05, 4.69) is 27.9 Å². The number of nitrogens with zero attached hydrogens (tertiary/aromatic N) is 1. The molecule has 1 saturated carbocycles. The van der Waals surface area contributed by atoms with Crippen LogP contribution in [0.2, 0.25) is 0 Å². The standard InChI is InChI=1S/C22H23FIN3O4S/c1-22(2)9-19(22)26-20(28)14-7-17-18(8-15(14)23)32(30,31)11-16(25)21(29)27(17)10-12-3-5-13(24)6-4-12/h3-8,16,19H,9-11,25H2,1-2H3,(H,26,28)/t16-,19?/m0/s1. The molecule has 2 amide bonds. The molecule has 2 aromatic rings. The van der Waals surface area contributed by atoms with Crippen LogP contribution in [0.1, 0.15) is 36.2 Å². The number of amides is 2. The van der Waals surface area contributed by atoms with Crippen LogP contribution in [0.15, 0.2) is 41.3 Å². The summed E-state index contributed by atoms with van der Waals surface area (Å²) >= 11 is 2.15. The zero-order valence-electron chi connectivity index (χ0n) is 17.6. The van der Waals surface area contributed by atoms with Crippen LogP contribution in [0.25, 0.3) is 0 Å². The molecule has 10 heteroatoms. The lowest BCUT2D eigenvalue weighted by Crippen LogP contribution is -2.45. The summed E-state index contributed by atoms with van der Waals surface area (Å²) in [6, 6.07) is 7.92. The number of anilines is 1. The van der Waals surface area contributed by atoms with Crippen LogP contribution in [-0.2, 0) is 21.2 Å². The Kier molecular flexibility index (Phi) is 5.83. The Morgan fingerprint density at radius 2 is 1.91 bits per heavy atom. The maximum absolute atomic E-state index is 14.9. The van der Waals surface area contributed by atoms with Crippen molar-refractivity contribution in [2.75, 3.05) is 10.7 Å². The predicted molar refractivity (Wildman–Crippen MR) is 126 cm³/mol. The molecule has 0 aromatic heterocycles. The Morgan fingerprint density at radius 1 is 1.28 bits per heavy atom. The molecule has 2 aliphatic rings. The van der Waals surface area contributed by atoms with E-state index in [0.717, 1.165) is 27.7 Å². The summed E-state index contributed by atoms with van der Waals surface area (Å²) < 4.78 is 41.6. The van der Waals surface area contributed by atoms with Gasteiger partial charge in [0.25, 0.3) is 5.91 Å². The second kappa shape index (κ2) is 8.07. The molecule has 0 saturated heterocycles. The fourth-order valence-electron chi connectivity index (χ4n) is 3.78. The van der Waals surface area contributed by atoms with Gasteiger partial charge in [0.15, 0.2) is 9.84 Å². The van der Waals surface area contributed by atoms with Gasteiger partial charge >= 0.3 is 0 Å². The van der Waals surface area contributed by atoms with E-state index in [-0.39, 0.29) is 34.1 Å². The molecule has 32 heavy (non-hydrogen) atoms. The van der Waals surface area contributed by atoms with Gasteiger partial charge in [0, 0.05) is 9.61 Å². The molecule has 1 heterocycles. The minimum absolute atomic E-state index is 0.0360. The van der Waals surface area contributed by atoms with Crippen molar-refractivity contribution in [1.82, 2.24) is 5.32 Å². The number of rotatable bonds is 4. The molecule has 1 unspecified atom stereocenters. The lowest BCUT2D eigenvalue weighted by molar-refractivity contribution is -0.119. The molecule has 2 atom stereocenters. The van der Waals surface area contributed by atoms with E-state index in [1.54, 1.807) is 0 Å². The molecule has 0 bridgehead atoms. The van der Waals surface area contributed by atoms with Crippen molar-refractivity contribution in [1.29, 1.82) is 0 Å². The van der Waals surface area contributed by atoms with Gasteiger partial charge in [0.2, 0.25) is 5.91 Å². The first-order valence-electron chi connectivity index (χ1n) is 10.1. The van der Waals surface area contributed by atoms with Gasteiger partial charge in [0.1, 0.15) is 5.82 Å². The molecule has 0 radical (unpaired) electrons.